The lowest BCUT2D eigenvalue weighted by Gasteiger charge is -2.19. The highest BCUT2D eigenvalue weighted by molar-refractivity contribution is 6.33. The Morgan fingerprint density at radius 3 is 2.75 bits per heavy atom. The number of benzene rings is 1. The maximum Gasteiger partial charge on any atom is 0.216 e. The van der Waals surface area contributed by atoms with E-state index < -0.39 is 0 Å². The minimum atomic E-state index is -0.335. The van der Waals surface area contributed by atoms with Crippen molar-refractivity contribution in [1.82, 2.24) is 9.78 Å². The van der Waals surface area contributed by atoms with Crippen molar-refractivity contribution < 1.29 is 9.84 Å². The Balaban J connectivity index is 2.36. The van der Waals surface area contributed by atoms with Crippen LogP contribution in [0.25, 0.3) is 0 Å². The first kappa shape index (κ1) is 14.7. The summed E-state index contributed by atoms with van der Waals surface area (Å²) in [6.07, 6.45) is 0. The van der Waals surface area contributed by atoms with Gasteiger partial charge in [-0.3, -0.25) is 0 Å². The van der Waals surface area contributed by atoms with Crippen molar-refractivity contribution in [3.05, 3.63) is 40.5 Å². The van der Waals surface area contributed by atoms with Crippen LogP contribution in [0.3, 0.4) is 0 Å². The number of methoxy groups -OCH3 is 1. The van der Waals surface area contributed by atoms with Gasteiger partial charge in [-0.15, -0.1) is 0 Å². The molecule has 2 rings (SSSR count). The third-order valence-corrected chi connectivity index (χ3v) is 3.47. The van der Waals surface area contributed by atoms with Gasteiger partial charge in [-0.1, -0.05) is 23.7 Å². The van der Waals surface area contributed by atoms with Gasteiger partial charge in [0.05, 0.1) is 41.7 Å². The third kappa shape index (κ3) is 2.73. The highest BCUT2D eigenvalue weighted by Gasteiger charge is 2.23. The van der Waals surface area contributed by atoms with Gasteiger partial charge >= 0.3 is 0 Å². The molecule has 108 valence electrons. The fourth-order valence-electron chi connectivity index (χ4n) is 2.27. The van der Waals surface area contributed by atoms with E-state index in [-0.39, 0.29) is 12.6 Å². The lowest BCUT2D eigenvalue weighted by molar-refractivity contribution is 0.271. The SMILES string of the molecule is COc1c(C(CO)Nc2ccccc2Cl)c(C)nn1C. The van der Waals surface area contributed by atoms with Crippen molar-refractivity contribution in [2.75, 3.05) is 19.0 Å². The molecule has 0 saturated carbocycles. The predicted molar refractivity (Wildman–Crippen MR) is 79.4 cm³/mol. The van der Waals surface area contributed by atoms with E-state index in [0.29, 0.717) is 10.9 Å². The van der Waals surface area contributed by atoms with Crippen LogP contribution >= 0.6 is 11.6 Å². The molecular formula is C14H18ClN3O2. The molecule has 0 radical (unpaired) electrons. The highest BCUT2D eigenvalue weighted by atomic mass is 35.5. The van der Waals surface area contributed by atoms with Crippen LogP contribution < -0.4 is 10.1 Å². The van der Waals surface area contributed by atoms with Gasteiger partial charge in [0.1, 0.15) is 0 Å². The molecule has 20 heavy (non-hydrogen) atoms. The molecule has 6 heteroatoms. The van der Waals surface area contributed by atoms with Crippen LogP contribution in [0.1, 0.15) is 17.3 Å². The summed E-state index contributed by atoms with van der Waals surface area (Å²) in [5, 5.41) is 17.8. The van der Waals surface area contributed by atoms with Gasteiger partial charge in [0.25, 0.3) is 0 Å². The van der Waals surface area contributed by atoms with E-state index in [4.69, 9.17) is 16.3 Å². The molecule has 1 aromatic carbocycles. The van der Waals surface area contributed by atoms with E-state index in [1.54, 1.807) is 24.9 Å². The molecule has 0 saturated heterocycles. The lowest BCUT2D eigenvalue weighted by Crippen LogP contribution is -2.16. The number of nitrogens with one attached hydrogen (secondary N) is 1. The highest BCUT2D eigenvalue weighted by Crippen LogP contribution is 2.32. The van der Waals surface area contributed by atoms with Crippen molar-refractivity contribution in [2.45, 2.75) is 13.0 Å². The molecule has 0 bridgehead atoms. The van der Waals surface area contributed by atoms with Crippen LogP contribution in [0.15, 0.2) is 24.3 Å². The van der Waals surface area contributed by atoms with Gasteiger partial charge in [-0.2, -0.15) is 5.10 Å². The first-order valence-corrected chi connectivity index (χ1v) is 6.65. The molecule has 0 fully saturated rings. The van der Waals surface area contributed by atoms with Crippen LogP contribution in [0, 0.1) is 6.92 Å². The maximum atomic E-state index is 9.69. The number of ether oxygens (including phenoxy) is 1. The predicted octanol–water partition coefficient (Wildman–Crippen LogP) is 2.54. The van der Waals surface area contributed by atoms with Gasteiger partial charge in [0.15, 0.2) is 0 Å². The summed E-state index contributed by atoms with van der Waals surface area (Å²) in [6.45, 7) is 1.79. The summed E-state index contributed by atoms with van der Waals surface area (Å²) in [6, 6.07) is 7.07. The van der Waals surface area contributed by atoms with Crippen LogP contribution in [0.2, 0.25) is 5.02 Å². The zero-order chi connectivity index (χ0) is 14.7. The van der Waals surface area contributed by atoms with Crippen LogP contribution in [0.5, 0.6) is 5.88 Å². The number of aliphatic hydroxyl groups is 1. The van der Waals surface area contributed by atoms with Crippen molar-refractivity contribution >= 4 is 17.3 Å². The summed E-state index contributed by atoms with van der Waals surface area (Å²) >= 11 is 6.14. The zero-order valence-electron chi connectivity index (χ0n) is 11.7. The fourth-order valence-corrected chi connectivity index (χ4v) is 2.46. The molecule has 0 spiro atoms. The Bertz CT molecular complexity index is 598. The van der Waals surface area contributed by atoms with Crippen molar-refractivity contribution in [2.24, 2.45) is 7.05 Å². The second-order valence-electron chi connectivity index (χ2n) is 4.49. The fraction of sp³-hybridized carbons (Fsp3) is 0.357. The molecule has 0 aliphatic carbocycles. The number of para-hydroxylation sites is 1. The molecule has 2 N–H and O–H groups in total. The Morgan fingerprint density at radius 1 is 1.45 bits per heavy atom. The van der Waals surface area contributed by atoms with Gasteiger partial charge in [0, 0.05) is 7.05 Å². The Labute approximate surface area is 123 Å². The van der Waals surface area contributed by atoms with E-state index in [1.807, 2.05) is 25.1 Å². The first-order chi connectivity index (χ1) is 9.58. The zero-order valence-corrected chi connectivity index (χ0v) is 12.5. The topological polar surface area (TPSA) is 59.3 Å². The Kier molecular flexibility index (Phi) is 4.52. The largest absolute Gasteiger partial charge is 0.481 e. The number of aliphatic hydroxyl groups excluding tert-OH is 1. The molecule has 1 heterocycles. The second kappa shape index (κ2) is 6.15. The molecule has 1 aromatic heterocycles. The maximum absolute atomic E-state index is 9.69. The van der Waals surface area contributed by atoms with Gasteiger partial charge in [0.2, 0.25) is 5.88 Å². The number of rotatable bonds is 5. The van der Waals surface area contributed by atoms with E-state index in [1.165, 1.54) is 0 Å². The second-order valence-corrected chi connectivity index (χ2v) is 4.90. The summed E-state index contributed by atoms with van der Waals surface area (Å²) < 4.78 is 7.02. The summed E-state index contributed by atoms with van der Waals surface area (Å²) in [4.78, 5) is 0. The average molecular weight is 296 g/mol. The summed E-state index contributed by atoms with van der Waals surface area (Å²) in [7, 11) is 3.39. The summed E-state index contributed by atoms with van der Waals surface area (Å²) in [5.41, 5.74) is 2.40. The number of halogens is 1. The monoisotopic (exact) mass is 295 g/mol. The molecule has 0 aliphatic rings. The molecule has 0 aliphatic heterocycles. The number of anilines is 1. The average Bonchev–Trinajstić information content (AvgIpc) is 2.72. The smallest absolute Gasteiger partial charge is 0.216 e. The standard InChI is InChI=1S/C14H18ClN3O2/c1-9-13(14(20-3)18(2)17-9)12(8-19)16-11-7-5-4-6-10(11)15/h4-7,12,16,19H,8H2,1-3H3. The normalized spacial score (nSPS) is 12.2. The van der Waals surface area contributed by atoms with E-state index >= 15 is 0 Å². The molecule has 5 nitrogen and oxygen atoms in total. The molecule has 0 amide bonds. The number of aromatic nitrogens is 2. The minimum absolute atomic E-state index is 0.0892. The van der Waals surface area contributed by atoms with Crippen molar-refractivity contribution in [1.29, 1.82) is 0 Å². The van der Waals surface area contributed by atoms with Crippen LogP contribution in [0.4, 0.5) is 5.69 Å². The third-order valence-electron chi connectivity index (χ3n) is 3.14. The van der Waals surface area contributed by atoms with E-state index in [2.05, 4.69) is 10.4 Å². The molecular weight excluding hydrogens is 278 g/mol. The number of nitrogens with zero attached hydrogens (tertiary/aromatic N) is 2. The quantitative estimate of drug-likeness (QED) is 0.890. The molecule has 2 aromatic rings. The summed E-state index contributed by atoms with van der Waals surface area (Å²) in [5.74, 6) is 0.626. The van der Waals surface area contributed by atoms with Crippen molar-refractivity contribution in [3.63, 3.8) is 0 Å². The number of hydrogen-bond donors (Lipinski definition) is 2. The number of hydrogen-bond acceptors (Lipinski definition) is 4. The lowest BCUT2D eigenvalue weighted by atomic mass is 10.1. The molecule has 1 atom stereocenters. The Hall–Kier alpha value is -1.72. The van der Waals surface area contributed by atoms with Gasteiger partial charge < -0.3 is 15.2 Å². The van der Waals surface area contributed by atoms with E-state index in [9.17, 15) is 5.11 Å². The van der Waals surface area contributed by atoms with Gasteiger partial charge in [-0.05, 0) is 19.1 Å². The first-order valence-electron chi connectivity index (χ1n) is 6.27. The van der Waals surface area contributed by atoms with Crippen LogP contribution in [-0.2, 0) is 7.05 Å². The van der Waals surface area contributed by atoms with Gasteiger partial charge in [-0.25, -0.2) is 4.68 Å². The van der Waals surface area contributed by atoms with Crippen molar-refractivity contribution in [3.8, 4) is 5.88 Å². The van der Waals surface area contributed by atoms with Crippen LogP contribution in [-0.4, -0.2) is 28.6 Å². The molecule has 1 unspecified atom stereocenters. The Morgan fingerprint density at radius 2 is 2.15 bits per heavy atom. The number of aryl methyl sites for hydroxylation is 2. The van der Waals surface area contributed by atoms with E-state index in [0.717, 1.165) is 16.9 Å². The minimum Gasteiger partial charge on any atom is -0.481 e.